The first-order valence-electron chi connectivity index (χ1n) is 8.34. The summed E-state index contributed by atoms with van der Waals surface area (Å²) in [7, 11) is 0. The van der Waals surface area contributed by atoms with E-state index in [0.29, 0.717) is 24.5 Å². The van der Waals surface area contributed by atoms with Crippen LogP contribution in [0, 0.1) is 5.82 Å². The van der Waals surface area contributed by atoms with E-state index in [0.717, 1.165) is 16.8 Å². The van der Waals surface area contributed by atoms with Gasteiger partial charge in [-0.2, -0.15) is 0 Å². The molecule has 132 valence electrons. The Kier molecular flexibility index (Phi) is 5.92. The first-order chi connectivity index (χ1) is 12.7. The van der Waals surface area contributed by atoms with Crippen molar-refractivity contribution in [3.05, 3.63) is 84.0 Å². The van der Waals surface area contributed by atoms with Crippen LogP contribution in [0.1, 0.15) is 18.4 Å². The van der Waals surface area contributed by atoms with Crippen LogP contribution in [0.4, 0.5) is 9.52 Å². The van der Waals surface area contributed by atoms with Crippen LogP contribution in [0.5, 0.6) is 0 Å². The molecule has 0 spiro atoms. The van der Waals surface area contributed by atoms with Gasteiger partial charge < -0.3 is 0 Å². The largest absolute Gasteiger partial charge is 0.284 e. The zero-order chi connectivity index (χ0) is 18.4. The van der Waals surface area contributed by atoms with Crippen LogP contribution in [0.2, 0.25) is 0 Å². The Balaban J connectivity index is 1.87. The van der Waals surface area contributed by atoms with E-state index in [4.69, 9.17) is 0 Å². The maximum atomic E-state index is 13.1. The van der Waals surface area contributed by atoms with Crippen LogP contribution in [-0.4, -0.2) is 10.9 Å². The van der Waals surface area contributed by atoms with Gasteiger partial charge in [0, 0.05) is 17.4 Å². The molecule has 0 saturated carbocycles. The smallest absolute Gasteiger partial charge is 0.229 e. The number of aromatic nitrogens is 1. The van der Waals surface area contributed by atoms with Gasteiger partial charge in [-0.05, 0) is 36.2 Å². The molecule has 0 aliphatic heterocycles. The van der Waals surface area contributed by atoms with Crippen molar-refractivity contribution in [1.29, 1.82) is 0 Å². The Bertz CT molecular complexity index is 875. The molecule has 26 heavy (non-hydrogen) atoms. The number of amides is 1. The Hall–Kier alpha value is -2.79. The van der Waals surface area contributed by atoms with Crippen molar-refractivity contribution in [2.75, 3.05) is 4.90 Å². The predicted molar refractivity (Wildman–Crippen MR) is 105 cm³/mol. The van der Waals surface area contributed by atoms with Gasteiger partial charge in [0.25, 0.3) is 0 Å². The zero-order valence-corrected chi connectivity index (χ0v) is 15.1. The number of thiazole rings is 1. The fourth-order valence-corrected chi connectivity index (χ4v) is 3.38. The Morgan fingerprint density at radius 1 is 1.15 bits per heavy atom. The van der Waals surface area contributed by atoms with Crippen molar-refractivity contribution in [1.82, 2.24) is 4.98 Å². The molecule has 3 aromatic rings. The molecular formula is C21H19FN2OS. The first-order valence-corrected chi connectivity index (χ1v) is 9.22. The molecule has 0 aliphatic rings. The third-order valence-corrected chi connectivity index (χ3v) is 4.77. The summed E-state index contributed by atoms with van der Waals surface area (Å²) in [5.74, 6) is -0.275. The average Bonchev–Trinajstić information content (AvgIpc) is 3.15. The molecule has 3 rings (SSSR count). The summed E-state index contributed by atoms with van der Waals surface area (Å²) < 4.78 is 13.1. The van der Waals surface area contributed by atoms with Crippen LogP contribution in [0.25, 0.3) is 11.3 Å². The average molecular weight is 366 g/mol. The molecule has 1 aromatic heterocycles. The number of allylic oxidation sites excluding steroid dienone is 1. The van der Waals surface area contributed by atoms with Gasteiger partial charge in [-0.15, -0.1) is 17.9 Å². The summed E-state index contributed by atoms with van der Waals surface area (Å²) in [6, 6.07) is 16.0. The number of halogens is 1. The molecule has 0 fully saturated rings. The second kappa shape index (κ2) is 8.54. The second-order valence-electron chi connectivity index (χ2n) is 5.82. The van der Waals surface area contributed by atoms with Crippen LogP contribution in [0.15, 0.2) is 72.6 Å². The minimum Gasteiger partial charge on any atom is -0.284 e. The van der Waals surface area contributed by atoms with Crippen molar-refractivity contribution in [2.24, 2.45) is 0 Å². The van der Waals surface area contributed by atoms with E-state index < -0.39 is 0 Å². The van der Waals surface area contributed by atoms with E-state index in [-0.39, 0.29) is 11.7 Å². The maximum Gasteiger partial charge on any atom is 0.229 e. The van der Waals surface area contributed by atoms with Gasteiger partial charge in [-0.25, -0.2) is 9.37 Å². The van der Waals surface area contributed by atoms with Crippen molar-refractivity contribution in [3.8, 4) is 11.3 Å². The zero-order valence-electron chi connectivity index (χ0n) is 14.3. The number of nitrogens with zero attached hydrogens (tertiary/aromatic N) is 2. The normalized spacial score (nSPS) is 10.5. The quantitative estimate of drug-likeness (QED) is 0.521. The molecule has 1 heterocycles. The van der Waals surface area contributed by atoms with Crippen LogP contribution in [-0.2, 0) is 11.3 Å². The molecule has 3 nitrogen and oxygen atoms in total. The van der Waals surface area contributed by atoms with Gasteiger partial charge in [0.1, 0.15) is 5.82 Å². The summed E-state index contributed by atoms with van der Waals surface area (Å²) in [6.07, 6.45) is 2.76. The number of rotatable bonds is 7. The summed E-state index contributed by atoms with van der Waals surface area (Å²) in [4.78, 5) is 19.0. The molecule has 0 bridgehead atoms. The van der Waals surface area contributed by atoms with Gasteiger partial charge in [0.2, 0.25) is 5.91 Å². The van der Waals surface area contributed by atoms with Crippen molar-refractivity contribution in [2.45, 2.75) is 19.4 Å². The third kappa shape index (κ3) is 4.43. The second-order valence-corrected chi connectivity index (χ2v) is 6.65. The molecule has 5 heteroatoms. The molecule has 0 N–H and O–H groups in total. The Morgan fingerprint density at radius 2 is 1.88 bits per heavy atom. The topological polar surface area (TPSA) is 33.2 Å². The lowest BCUT2D eigenvalue weighted by atomic mass is 10.2. The summed E-state index contributed by atoms with van der Waals surface area (Å²) >= 11 is 1.41. The fraction of sp³-hybridized carbons (Fsp3) is 0.143. The number of carbonyl (C=O) groups excluding carboxylic acids is 1. The minimum atomic E-state index is -0.283. The molecule has 2 aromatic carbocycles. The number of benzene rings is 2. The SMILES string of the molecule is C=CCCC(=O)N(Cc1ccccc1)c1nc(-c2ccc(F)cc2)cs1. The highest BCUT2D eigenvalue weighted by Crippen LogP contribution is 2.29. The van der Waals surface area contributed by atoms with Crippen LogP contribution in [0.3, 0.4) is 0 Å². The number of hydrogen-bond donors (Lipinski definition) is 0. The maximum absolute atomic E-state index is 13.1. The summed E-state index contributed by atoms with van der Waals surface area (Å²) in [5, 5.41) is 2.53. The summed E-state index contributed by atoms with van der Waals surface area (Å²) in [6.45, 7) is 4.15. The lowest BCUT2D eigenvalue weighted by molar-refractivity contribution is -0.118. The molecule has 0 aliphatic carbocycles. The number of carbonyl (C=O) groups is 1. The lowest BCUT2D eigenvalue weighted by Gasteiger charge is -2.20. The van der Waals surface area contributed by atoms with Gasteiger partial charge in [0.15, 0.2) is 5.13 Å². The Morgan fingerprint density at radius 3 is 2.58 bits per heavy atom. The molecule has 0 saturated heterocycles. The molecular weight excluding hydrogens is 347 g/mol. The standard InChI is InChI=1S/C21H19FN2OS/c1-2-3-9-20(25)24(14-16-7-5-4-6-8-16)21-23-19(15-26-21)17-10-12-18(22)13-11-17/h2,4-8,10-13,15H,1,3,9,14H2. The lowest BCUT2D eigenvalue weighted by Crippen LogP contribution is -2.30. The van der Waals surface area contributed by atoms with E-state index in [9.17, 15) is 9.18 Å². The summed E-state index contributed by atoms with van der Waals surface area (Å²) in [5.41, 5.74) is 2.60. The van der Waals surface area contributed by atoms with E-state index >= 15 is 0 Å². The molecule has 0 radical (unpaired) electrons. The van der Waals surface area contributed by atoms with Gasteiger partial charge in [-0.1, -0.05) is 36.4 Å². The number of anilines is 1. The highest BCUT2D eigenvalue weighted by Gasteiger charge is 2.19. The Labute approximate surface area is 156 Å². The molecule has 0 atom stereocenters. The number of hydrogen-bond acceptors (Lipinski definition) is 3. The minimum absolute atomic E-state index is 0.00811. The van der Waals surface area contributed by atoms with Crippen molar-refractivity contribution >= 4 is 22.4 Å². The highest BCUT2D eigenvalue weighted by atomic mass is 32.1. The van der Waals surface area contributed by atoms with E-state index in [1.54, 1.807) is 23.1 Å². The van der Waals surface area contributed by atoms with Crippen molar-refractivity contribution in [3.63, 3.8) is 0 Å². The van der Waals surface area contributed by atoms with Crippen LogP contribution < -0.4 is 4.90 Å². The first kappa shape index (κ1) is 18.0. The molecule has 0 unspecified atom stereocenters. The van der Waals surface area contributed by atoms with Gasteiger partial charge >= 0.3 is 0 Å². The fourth-order valence-electron chi connectivity index (χ4n) is 2.53. The molecule has 1 amide bonds. The van der Waals surface area contributed by atoms with E-state index in [2.05, 4.69) is 11.6 Å². The third-order valence-electron chi connectivity index (χ3n) is 3.91. The predicted octanol–water partition coefficient (Wildman–Crippen LogP) is 5.45. The highest BCUT2D eigenvalue weighted by molar-refractivity contribution is 7.14. The van der Waals surface area contributed by atoms with Crippen LogP contribution >= 0.6 is 11.3 Å². The van der Waals surface area contributed by atoms with E-state index in [1.165, 1.54) is 23.5 Å². The van der Waals surface area contributed by atoms with Gasteiger partial charge in [-0.3, -0.25) is 9.69 Å². The van der Waals surface area contributed by atoms with Gasteiger partial charge in [0.05, 0.1) is 12.2 Å². The van der Waals surface area contributed by atoms with E-state index in [1.807, 2.05) is 35.7 Å². The monoisotopic (exact) mass is 366 g/mol. The van der Waals surface area contributed by atoms with Crippen molar-refractivity contribution < 1.29 is 9.18 Å².